The van der Waals surface area contributed by atoms with Gasteiger partial charge < -0.3 is 10.2 Å². The molecule has 0 rings (SSSR count). The molecule has 8 heavy (non-hydrogen) atoms. The second-order valence-electron chi connectivity index (χ2n) is 1.01. The van der Waals surface area contributed by atoms with E-state index in [1.807, 2.05) is 0 Å². The van der Waals surface area contributed by atoms with Gasteiger partial charge in [0.05, 0.1) is 0 Å². The van der Waals surface area contributed by atoms with Crippen LogP contribution >= 0.6 is 12.4 Å². The number of halogens is 1. The number of rotatable bonds is 1. The summed E-state index contributed by atoms with van der Waals surface area (Å²) in [5.41, 5.74) is 0. The number of carboxylic acid groups (broad SMARTS) is 1. The first-order chi connectivity index (χ1) is 2.64. The minimum atomic E-state index is -1.23. The molecule has 0 aromatic carbocycles. The fourth-order valence-corrected chi connectivity index (χ4v) is 0. The summed E-state index contributed by atoms with van der Waals surface area (Å²) in [7, 11) is 0. The van der Waals surface area contributed by atoms with Crippen molar-refractivity contribution in [2.24, 2.45) is 0 Å². The van der Waals surface area contributed by atoms with Gasteiger partial charge in [-0.2, -0.15) is 0 Å². The molecule has 0 heterocycles. The first kappa shape index (κ1) is 15.9. The zero-order valence-corrected chi connectivity index (χ0v) is 4.60. The van der Waals surface area contributed by atoms with Crippen LogP contribution in [0, 0.1) is 0 Å². The van der Waals surface area contributed by atoms with E-state index in [9.17, 15) is 4.79 Å². The summed E-state index contributed by atoms with van der Waals surface area (Å²) in [4.78, 5) is 9.45. The van der Waals surface area contributed by atoms with Crippen molar-refractivity contribution >= 4 is 47.9 Å². The van der Waals surface area contributed by atoms with Gasteiger partial charge in [0.25, 0.3) is 0 Å². The quantitative estimate of drug-likeness (QED) is 0.483. The number of aliphatic carboxylic acids is 1. The summed E-state index contributed by atoms with van der Waals surface area (Å²) in [6.45, 7) is 1.20. The number of aliphatic hydroxyl groups is 1. The van der Waals surface area contributed by atoms with E-state index in [-0.39, 0.29) is 42.0 Å². The van der Waals surface area contributed by atoms with Crippen molar-refractivity contribution in [1.82, 2.24) is 0 Å². The molecule has 0 aliphatic carbocycles. The molecule has 0 saturated heterocycles. The van der Waals surface area contributed by atoms with Crippen LogP contribution in [0.2, 0.25) is 0 Å². The average molecular weight is 151 g/mol. The van der Waals surface area contributed by atoms with E-state index in [4.69, 9.17) is 10.2 Å². The van der Waals surface area contributed by atoms with Crippen LogP contribution in [0.5, 0.6) is 0 Å². The first-order valence-corrected chi connectivity index (χ1v) is 1.55. The Labute approximate surface area is 75.8 Å². The van der Waals surface area contributed by atoms with Crippen molar-refractivity contribution in [2.75, 3.05) is 0 Å². The number of hydrogen-bond donors (Lipinski definition) is 2. The Morgan fingerprint density at radius 2 is 1.75 bits per heavy atom. The molecule has 0 aliphatic rings. The maximum absolute atomic E-state index is 9.45. The second-order valence-corrected chi connectivity index (χ2v) is 1.01. The predicted molar refractivity (Wildman–Crippen MR) is 33.7 cm³/mol. The predicted octanol–water partition coefficient (Wildman–Crippen LogP) is -0.775. The van der Waals surface area contributed by atoms with E-state index in [0.29, 0.717) is 0 Å². The van der Waals surface area contributed by atoms with Gasteiger partial charge in [-0.15, -0.1) is 12.4 Å². The monoisotopic (exact) mass is 150 g/mol. The molecule has 0 bridgehead atoms. The van der Waals surface area contributed by atoms with Crippen molar-refractivity contribution in [3.63, 3.8) is 0 Å². The molecular formula is C3H8ClNaO3. The van der Waals surface area contributed by atoms with Crippen molar-refractivity contribution in [1.29, 1.82) is 0 Å². The Kier molecular flexibility index (Phi) is 15.3. The Bertz CT molecular complexity index is 65.5. The van der Waals surface area contributed by atoms with Crippen LogP contribution in [-0.4, -0.2) is 51.8 Å². The average Bonchev–Trinajstić information content (AvgIpc) is 1.36. The minimum absolute atomic E-state index is 0. The molecule has 0 saturated carbocycles. The molecule has 1 atom stereocenters. The van der Waals surface area contributed by atoms with Gasteiger partial charge in [-0.25, -0.2) is 4.79 Å². The number of aliphatic hydroxyl groups excluding tert-OH is 1. The normalized spacial score (nSPS) is 10.2. The van der Waals surface area contributed by atoms with E-state index in [0.717, 1.165) is 0 Å². The summed E-state index contributed by atoms with van der Waals surface area (Å²) in [6.07, 6.45) is -1.23. The van der Waals surface area contributed by atoms with E-state index < -0.39 is 12.1 Å². The van der Waals surface area contributed by atoms with E-state index in [1.165, 1.54) is 6.92 Å². The molecule has 0 fully saturated rings. The zero-order chi connectivity index (χ0) is 5.15. The van der Waals surface area contributed by atoms with Crippen LogP contribution in [0.25, 0.3) is 0 Å². The van der Waals surface area contributed by atoms with Gasteiger partial charge >= 0.3 is 35.5 Å². The maximum atomic E-state index is 9.45. The van der Waals surface area contributed by atoms with E-state index >= 15 is 0 Å². The van der Waals surface area contributed by atoms with Gasteiger partial charge in [0.15, 0.2) is 0 Å². The van der Waals surface area contributed by atoms with Gasteiger partial charge in [-0.3, -0.25) is 0 Å². The molecule has 2 N–H and O–H groups in total. The fourth-order valence-electron chi connectivity index (χ4n) is 0. The molecule has 46 valence electrons. The van der Waals surface area contributed by atoms with Gasteiger partial charge in [-0.1, -0.05) is 0 Å². The molecule has 0 aromatic heterocycles. The Morgan fingerprint density at radius 3 is 1.75 bits per heavy atom. The number of carboxylic acids is 1. The third-order valence-corrected chi connectivity index (χ3v) is 0.357. The van der Waals surface area contributed by atoms with Gasteiger partial charge in [0, 0.05) is 0 Å². The second kappa shape index (κ2) is 7.72. The van der Waals surface area contributed by atoms with Crippen LogP contribution in [0.15, 0.2) is 0 Å². The molecule has 0 spiro atoms. The van der Waals surface area contributed by atoms with E-state index in [1.54, 1.807) is 0 Å². The zero-order valence-electron chi connectivity index (χ0n) is 3.79. The molecule has 5 heteroatoms. The molecule has 0 radical (unpaired) electrons. The van der Waals surface area contributed by atoms with E-state index in [2.05, 4.69) is 0 Å². The molecule has 0 aliphatic heterocycles. The van der Waals surface area contributed by atoms with Crippen LogP contribution in [0.4, 0.5) is 0 Å². The van der Waals surface area contributed by atoms with Crippen molar-refractivity contribution in [2.45, 2.75) is 13.0 Å². The topological polar surface area (TPSA) is 57.5 Å². The van der Waals surface area contributed by atoms with Gasteiger partial charge in [-0.05, 0) is 6.92 Å². The number of carbonyl (C=O) groups is 1. The number of hydrogen-bond acceptors (Lipinski definition) is 2. The van der Waals surface area contributed by atoms with Crippen molar-refractivity contribution < 1.29 is 15.0 Å². The SMILES string of the molecule is C[C@@H](O)C(=O)O.Cl.[NaH]. The third kappa shape index (κ3) is 9.87. The van der Waals surface area contributed by atoms with Crippen LogP contribution in [0.1, 0.15) is 6.92 Å². The molecule has 0 amide bonds. The van der Waals surface area contributed by atoms with Crippen molar-refractivity contribution in [3.05, 3.63) is 0 Å². The summed E-state index contributed by atoms with van der Waals surface area (Å²) in [5.74, 6) is -1.19. The van der Waals surface area contributed by atoms with Gasteiger partial charge in [0.1, 0.15) is 6.10 Å². The molecule has 3 nitrogen and oxygen atoms in total. The van der Waals surface area contributed by atoms with Crippen LogP contribution in [-0.2, 0) is 4.79 Å². The van der Waals surface area contributed by atoms with Gasteiger partial charge in [0.2, 0.25) is 0 Å². The van der Waals surface area contributed by atoms with Crippen LogP contribution in [0.3, 0.4) is 0 Å². The standard InChI is InChI=1S/C3H6O3.ClH.Na.H/c1-2(4)3(5)6;;;/h2,4H,1H3,(H,5,6);1H;;/t2-;;;/m1.../s1. The summed E-state index contributed by atoms with van der Waals surface area (Å²) in [6, 6.07) is 0. The Hall–Kier alpha value is 0.720. The summed E-state index contributed by atoms with van der Waals surface area (Å²) in [5, 5.41) is 15.8. The Morgan fingerprint density at radius 1 is 1.62 bits per heavy atom. The molecule has 0 aromatic rings. The van der Waals surface area contributed by atoms with Crippen LogP contribution < -0.4 is 0 Å². The third-order valence-electron chi connectivity index (χ3n) is 0.357. The molecule has 0 unspecified atom stereocenters. The summed E-state index contributed by atoms with van der Waals surface area (Å²) < 4.78 is 0. The van der Waals surface area contributed by atoms with Crippen molar-refractivity contribution in [3.8, 4) is 0 Å². The fraction of sp³-hybridized carbons (Fsp3) is 0.667. The Balaban J connectivity index is -0.000000125. The summed E-state index contributed by atoms with van der Waals surface area (Å²) >= 11 is 0. The molecular weight excluding hydrogens is 142 g/mol. The first-order valence-electron chi connectivity index (χ1n) is 1.55.